The molecule has 0 aliphatic heterocycles. The number of rotatable bonds is 2. The van der Waals surface area contributed by atoms with Gasteiger partial charge in [-0.25, -0.2) is 0 Å². The Labute approximate surface area is 75.8 Å². The van der Waals surface area contributed by atoms with E-state index in [4.69, 9.17) is 5.73 Å². The van der Waals surface area contributed by atoms with Gasteiger partial charge in [0.2, 0.25) is 0 Å². The normalized spacial score (nSPS) is 9.69. The second kappa shape index (κ2) is 3.35. The summed E-state index contributed by atoms with van der Waals surface area (Å²) in [7, 11) is 0. The lowest BCUT2D eigenvalue weighted by molar-refractivity contribution is 0.0998. The number of ketones is 2. The first-order valence-corrected chi connectivity index (χ1v) is 3.79. The van der Waals surface area contributed by atoms with Crippen LogP contribution in [0.15, 0.2) is 12.3 Å². The second-order valence-corrected chi connectivity index (χ2v) is 2.77. The van der Waals surface area contributed by atoms with E-state index in [1.54, 1.807) is 0 Å². The number of nitrogen functional groups attached to an aromatic ring is 1. The molecule has 4 heteroatoms. The third kappa shape index (κ3) is 1.90. The monoisotopic (exact) mass is 178 g/mol. The number of aromatic nitrogens is 1. The van der Waals surface area contributed by atoms with Crippen molar-refractivity contribution >= 4 is 17.3 Å². The van der Waals surface area contributed by atoms with Gasteiger partial charge in [-0.15, -0.1) is 0 Å². The molecule has 13 heavy (non-hydrogen) atoms. The number of hydrogen-bond donors (Lipinski definition) is 1. The molecule has 0 atom stereocenters. The molecule has 0 bridgehead atoms. The van der Waals surface area contributed by atoms with Crippen LogP contribution in [0.25, 0.3) is 0 Å². The Morgan fingerprint density at radius 3 is 2.31 bits per heavy atom. The zero-order valence-electron chi connectivity index (χ0n) is 7.50. The zero-order valence-corrected chi connectivity index (χ0v) is 7.50. The van der Waals surface area contributed by atoms with Crippen LogP contribution in [0.2, 0.25) is 0 Å². The highest BCUT2D eigenvalue weighted by molar-refractivity contribution is 6.00. The van der Waals surface area contributed by atoms with Gasteiger partial charge in [0, 0.05) is 18.7 Å². The summed E-state index contributed by atoms with van der Waals surface area (Å²) in [6.45, 7) is 2.80. The maximum atomic E-state index is 10.9. The molecular weight excluding hydrogens is 168 g/mol. The molecule has 0 fully saturated rings. The summed E-state index contributed by atoms with van der Waals surface area (Å²) in [5, 5.41) is 0. The van der Waals surface area contributed by atoms with E-state index in [2.05, 4.69) is 4.98 Å². The Kier molecular flexibility index (Phi) is 2.41. The fourth-order valence-electron chi connectivity index (χ4n) is 0.968. The number of pyridine rings is 1. The number of nitrogens with two attached hydrogens (primary N) is 1. The van der Waals surface area contributed by atoms with Gasteiger partial charge in [0.05, 0.1) is 5.69 Å². The van der Waals surface area contributed by atoms with E-state index < -0.39 is 0 Å². The second-order valence-electron chi connectivity index (χ2n) is 2.77. The number of Topliss-reactive ketones (excluding diaryl/α,β-unsaturated/α-hetero) is 2. The molecule has 1 rings (SSSR count). The van der Waals surface area contributed by atoms with Crippen molar-refractivity contribution in [3.63, 3.8) is 0 Å². The highest BCUT2D eigenvalue weighted by Gasteiger charge is 2.08. The average Bonchev–Trinajstić information content (AvgIpc) is 2.03. The van der Waals surface area contributed by atoms with Crippen molar-refractivity contribution in [2.75, 3.05) is 5.73 Å². The van der Waals surface area contributed by atoms with Crippen LogP contribution in [-0.2, 0) is 0 Å². The largest absolute Gasteiger partial charge is 0.397 e. The molecule has 0 amide bonds. The summed E-state index contributed by atoms with van der Waals surface area (Å²) in [6.07, 6.45) is 1.36. The third-order valence-electron chi connectivity index (χ3n) is 1.66. The van der Waals surface area contributed by atoms with Gasteiger partial charge in [-0.3, -0.25) is 14.6 Å². The van der Waals surface area contributed by atoms with Crippen molar-refractivity contribution in [1.29, 1.82) is 0 Å². The van der Waals surface area contributed by atoms with Crippen molar-refractivity contribution < 1.29 is 9.59 Å². The highest BCUT2D eigenvalue weighted by Crippen LogP contribution is 2.11. The SMILES string of the molecule is CC(=O)c1cnc(C(C)=O)c(N)c1. The summed E-state index contributed by atoms with van der Waals surface area (Å²) in [4.78, 5) is 25.6. The first-order chi connectivity index (χ1) is 6.02. The first-order valence-electron chi connectivity index (χ1n) is 3.79. The van der Waals surface area contributed by atoms with Crippen LogP contribution >= 0.6 is 0 Å². The molecule has 0 aromatic carbocycles. The van der Waals surface area contributed by atoms with Crippen molar-refractivity contribution in [1.82, 2.24) is 4.98 Å². The van der Waals surface area contributed by atoms with Gasteiger partial charge < -0.3 is 5.73 Å². The molecule has 0 spiro atoms. The smallest absolute Gasteiger partial charge is 0.180 e. The highest BCUT2D eigenvalue weighted by atomic mass is 16.1. The number of nitrogens with zero attached hydrogens (tertiary/aromatic N) is 1. The number of carbonyl (C=O) groups excluding carboxylic acids is 2. The molecular formula is C9H10N2O2. The summed E-state index contributed by atoms with van der Waals surface area (Å²) in [5.74, 6) is -0.318. The number of carbonyl (C=O) groups is 2. The summed E-state index contributed by atoms with van der Waals surface area (Å²) < 4.78 is 0. The van der Waals surface area contributed by atoms with E-state index in [1.165, 1.54) is 26.1 Å². The van der Waals surface area contributed by atoms with Crippen molar-refractivity contribution in [3.8, 4) is 0 Å². The van der Waals surface area contributed by atoms with Gasteiger partial charge >= 0.3 is 0 Å². The van der Waals surface area contributed by atoms with Gasteiger partial charge in [-0.2, -0.15) is 0 Å². The van der Waals surface area contributed by atoms with Crippen molar-refractivity contribution in [3.05, 3.63) is 23.5 Å². The predicted octanol–water partition coefficient (Wildman–Crippen LogP) is 1.07. The summed E-state index contributed by atoms with van der Waals surface area (Å²) >= 11 is 0. The van der Waals surface area contributed by atoms with Gasteiger partial charge in [-0.1, -0.05) is 0 Å². The van der Waals surface area contributed by atoms with E-state index in [1.807, 2.05) is 0 Å². The zero-order chi connectivity index (χ0) is 10.0. The van der Waals surface area contributed by atoms with Crippen LogP contribution in [0.5, 0.6) is 0 Å². The lowest BCUT2D eigenvalue weighted by Crippen LogP contribution is -2.05. The van der Waals surface area contributed by atoms with E-state index in [9.17, 15) is 9.59 Å². The molecule has 1 aromatic heterocycles. The van der Waals surface area contributed by atoms with E-state index in [0.29, 0.717) is 5.56 Å². The van der Waals surface area contributed by atoms with Crippen LogP contribution in [0.3, 0.4) is 0 Å². The molecule has 0 aliphatic rings. The molecule has 0 radical (unpaired) electrons. The first kappa shape index (κ1) is 9.38. The minimum Gasteiger partial charge on any atom is -0.397 e. The topological polar surface area (TPSA) is 73.0 Å². The minimum atomic E-state index is -0.201. The Bertz CT molecular complexity index is 372. The molecule has 1 aromatic rings. The van der Waals surface area contributed by atoms with Crippen LogP contribution in [0, 0.1) is 0 Å². The lowest BCUT2D eigenvalue weighted by Gasteiger charge is -2.01. The van der Waals surface area contributed by atoms with Crippen LogP contribution < -0.4 is 5.73 Å². The Morgan fingerprint density at radius 1 is 1.31 bits per heavy atom. The minimum absolute atomic E-state index is 0.116. The molecule has 68 valence electrons. The van der Waals surface area contributed by atoms with Crippen LogP contribution in [-0.4, -0.2) is 16.6 Å². The fraction of sp³-hybridized carbons (Fsp3) is 0.222. The molecule has 0 unspecified atom stereocenters. The lowest BCUT2D eigenvalue weighted by atomic mass is 10.1. The number of anilines is 1. The molecule has 2 N–H and O–H groups in total. The van der Waals surface area contributed by atoms with Gasteiger partial charge in [0.15, 0.2) is 11.6 Å². The van der Waals surface area contributed by atoms with Gasteiger partial charge in [-0.05, 0) is 13.0 Å². The Morgan fingerprint density at radius 2 is 1.92 bits per heavy atom. The fourth-order valence-corrected chi connectivity index (χ4v) is 0.968. The van der Waals surface area contributed by atoms with E-state index in [0.717, 1.165) is 0 Å². The van der Waals surface area contributed by atoms with Crippen LogP contribution in [0.1, 0.15) is 34.7 Å². The standard InChI is InChI=1S/C9H10N2O2/c1-5(12)7-3-8(10)9(6(2)13)11-4-7/h3-4H,10H2,1-2H3. The number of hydrogen-bond acceptors (Lipinski definition) is 4. The Hall–Kier alpha value is -1.71. The third-order valence-corrected chi connectivity index (χ3v) is 1.66. The molecule has 0 aliphatic carbocycles. The molecule has 0 saturated heterocycles. The summed E-state index contributed by atoms with van der Waals surface area (Å²) in [5.41, 5.74) is 6.41. The van der Waals surface area contributed by atoms with E-state index >= 15 is 0 Å². The van der Waals surface area contributed by atoms with Gasteiger partial charge in [0.1, 0.15) is 5.69 Å². The molecule has 1 heterocycles. The summed E-state index contributed by atoms with van der Waals surface area (Å²) in [6, 6.07) is 1.46. The maximum Gasteiger partial charge on any atom is 0.180 e. The van der Waals surface area contributed by atoms with Crippen molar-refractivity contribution in [2.45, 2.75) is 13.8 Å². The van der Waals surface area contributed by atoms with Crippen LogP contribution in [0.4, 0.5) is 5.69 Å². The molecule has 4 nitrogen and oxygen atoms in total. The maximum absolute atomic E-state index is 10.9. The van der Waals surface area contributed by atoms with E-state index in [-0.39, 0.29) is 22.9 Å². The quantitative estimate of drug-likeness (QED) is 0.687. The average molecular weight is 178 g/mol. The van der Waals surface area contributed by atoms with Crippen molar-refractivity contribution in [2.24, 2.45) is 0 Å². The Balaban J connectivity index is 3.20. The predicted molar refractivity (Wildman–Crippen MR) is 48.7 cm³/mol. The van der Waals surface area contributed by atoms with Gasteiger partial charge in [0.25, 0.3) is 0 Å². The molecule has 0 saturated carbocycles.